The van der Waals surface area contributed by atoms with Crippen LogP contribution in [-0.2, 0) is 26.2 Å². The predicted molar refractivity (Wildman–Crippen MR) is 146 cm³/mol. The molecule has 2 amide bonds. The maximum Gasteiger partial charge on any atom is 0.331 e. The number of carbonyl (C=O) groups excluding carboxylic acids is 2. The van der Waals surface area contributed by atoms with Crippen molar-refractivity contribution in [3.8, 4) is 0 Å². The number of carboxylic acid groups (broad SMARTS) is 1. The lowest BCUT2D eigenvalue weighted by Gasteiger charge is -2.40. The van der Waals surface area contributed by atoms with Gasteiger partial charge in [-0.1, -0.05) is 85.7 Å². The van der Waals surface area contributed by atoms with Gasteiger partial charge < -0.3 is 20.6 Å². The predicted octanol–water partition coefficient (Wildman–Crippen LogP) is 4.16. The highest BCUT2D eigenvalue weighted by atomic mass is 16.4. The number of amides is 2. The Labute approximate surface area is 217 Å². The van der Waals surface area contributed by atoms with Crippen LogP contribution in [0.4, 0.5) is 0 Å². The van der Waals surface area contributed by atoms with E-state index in [1.54, 1.807) is 25.1 Å². The maximum atomic E-state index is 13.8. The van der Waals surface area contributed by atoms with Crippen molar-refractivity contribution in [1.82, 2.24) is 15.5 Å². The third-order valence-electron chi connectivity index (χ3n) is 6.99. The van der Waals surface area contributed by atoms with Crippen molar-refractivity contribution in [2.24, 2.45) is 11.3 Å². The van der Waals surface area contributed by atoms with E-state index < -0.39 is 34.9 Å². The molecule has 0 aliphatic rings. The van der Waals surface area contributed by atoms with Crippen LogP contribution in [0.2, 0.25) is 0 Å². The minimum Gasteiger partial charge on any atom is -0.478 e. The average Bonchev–Trinajstić information content (AvgIpc) is 2.79. The van der Waals surface area contributed by atoms with E-state index in [9.17, 15) is 19.5 Å². The number of aliphatic carboxylic acids is 1. The molecular weight excluding hydrogens is 454 g/mol. The molecule has 3 atom stereocenters. The number of aryl methyl sites for hydroxylation is 1. The fourth-order valence-corrected chi connectivity index (χ4v) is 4.48. The van der Waals surface area contributed by atoms with E-state index in [1.807, 2.05) is 60.6 Å². The molecule has 0 radical (unpaired) electrons. The van der Waals surface area contributed by atoms with Gasteiger partial charge in [-0.3, -0.25) is 9.59 Å². The summed E-state index contributed by atoms with van der Waals surface area (Å²) in [7, 11) is 3.42. The van der Waals surface area contributed by atoms with Gasteiger partial charge >= 0.3 is 5.97 Å². The molecule has 202 valence electrons. The van der Waals surface area contributed by atoms with Gasteiger partial charge in [-0.25, -0.2) is 4.79 Å². The van der Waals surface area contributed by atoms with E-state index >= 15 is 0 Å². The van der Waals surface area contributed by atoms with Gasteiger partial charge in [0, 0.05) is 18.0 Å². The van der Waals surface area contributed by atoms with Gasteiger partial charge in [0.1, 0.15) is 6.04 Å². The zero-order valence-corrected chi connectivity index (χ0v) is 24.0. The van der Waals surface area contributed by atoms with Crippen LogP contribution in [0.5, 0.6) is 0 Å². The summed E-state index contributed by atoms with van der Waals surface area (Å²) in [6, 6.07) is 6.43. The van der Waals surface area contributed by atoms with Crippen molar-refractivity contribution < 1.29 is 19.5 Å². The normalized spacial score (nSPS) is 15.3. The van der Waals surface area contributed by atoms with Crippen LogP contribution in [0.15, 0.2) is 35.9 Å². The summed E-state index contributed by atoms with van der Waals surface area (Å²) >= 11 is 0. The van der Waals surface area contributed by atoms with Crippen LogP contribution in [0.3, 0.4) is 0 Å². The fraction of sp³-hybridized carbons (Fsp3) is 0.621. The fourth-order valence-electron chi connectivity index (χ4n) is 4.48. The minimum absolute atomic E-state index is 0.0144. The maximum absolute atomic E-state index is 13.8. The van der Waals surface area contributed by atoms with E-state index in [0.29, 0.717) is 0 Å². The highest BCUT2D eigenvalue weighted by Crippen LogP contribution is 2.30. The summed E-state index contributed by atoms with van der Waals surface area (Å²) < 4.78 is 0. The Balaban J connectivity index is 3.33. The number of hydrogen-bond donors (Lipinski definition) is 3. The molecule has 36 heavy (non-hydrogen) atoms. The van der Waals surface area contributed by atoms with Crippen molar-refractivity contribution in [1.29, 1.82) is 0 Å². The van der Waals surface area contributed by atoms with Gasteiger partial charge in [-0.2, -0.15) is 0 Å². The number of rotatable bonds is 11. The molecule has 1 aromatic carbocycles. The summed E-state index contributed by atoms with van der Waals surface area (Å²) in [5, 5.41) is 15.6. The standard InChI is InChI=1S/C29H47N3O4/c1-12-20-14-13-15-21(17-20)29(8,9)23(30-10)25(33)31-24(28(5,6)7)26(34)32(11)22(18(2)3)16-19(4)27(35)36/h13-18,22-24,30H,12H2,1-11H3,(H,31,33)(H,35,36)/b19-16+/t22-,23-,24-/m1/s1. The Morgan fingerprint density at radius 3 is 2.11 bits per heavy atom. The van der Waals surface area contributed by atoms with Gasteiger partial charge in [0.05, 0.1) is 12.1 Å². The second kappa shape index (κ2) is 12.5. The SMILES string of the molecule is CCc1cccc(C(C)(C)[C@H](NC)C(=O)N[C@H](C(=O)N(C)[C@H](/C=C(\C)C(=O)O)C(C)C)C(C)(C)C)c1. The molecule has 0 spiro atoms. The van der Waals surface area contributed by atoms with Gasteiger partial charge in [0.2, 0.25) is 11.8 Å². The van der Waals surface area contributed by atoms with Crippen LogP contribution < -0.4 is 10.6 Å². The molecule has 7 heteroatoms. The Morgan fingerprint density at radius 2 is 1.67 bits per heavy atom. The minimum atomic E-state index is -1.02. The molecule has 1 aromatic rings. The van der Waals surface area contributed by atoms with E-state index in [1.165, 1.54) is 12.5 Å². The zero-order valence-electron chi connectivity index (χ0n) is 24.0. The second-order valence-corrected chi connectivity index (χ2v) is 11.6. The first-order chi connectivity index (χ1) is 16.5. The van der Waals surface area contributed by atoms with E-state index in [-0.39, 0.29) is 23.3 Å². The first kappa shape index (κ1) is 31.4. The van der Waals surface area contributed by atoms with Crippen molar-refractivity contribution in [3.05, 3.63) is 47.0 Å². The highest BCUT2D eigenvalue weighted by Gasteiger charge is 2.41. The van der Waals surface area contributed by atoms with Crippen molar-refractivity contribution in [3.63, 3.8) is 0 Å². The lowest BCUT2D eigenvalue weighted by atomic mass is 9.76. The molecule has 0 aliphatic carbocycles. The molecule has 3 N–H and O–H groups in total. The van der Waals surface area contributed by atoms with Gasteiger partial charge in [0.15, 0.2) is 0 Å². The third kappa shape index (κ3) is 7.66. The van der Waals surface area contributed by atoms with Crippen molar-refractivity contribution in [2.45, 2.75) is 92.3 Å². The Hall–Kier alpha value is -2.67. The molecule has 0 heterocycles. The average molecular weight is 502 g/mol. The molecule has 0 saturated heterocycles. The quantitative estimate of drug-likeness (QED) is 0.396. The summed E-state index contributed by atoms with van der Waals surface area (Å²) in [5.74, 6) is -1.55. The molecular formula is C29H47N3O4. The first-order valence-corrected chi connectivity index (χ1v) is 12.7. The Kier molecular flexibility index (Phi) is 10.9. The molecule has 0 aliphatic heterocycles. The topological polar surface area (TPSA) is 98.7 Å². The lowest BCUT2D eigenvalue weighted by molar-refractivity contribution is -0.141. The molecule has 0 fully saturated rings. The largest absolute Gasteiger partial charge is 0.478 e. The molecule has 0 aromatic heterocycles. The molecule has 1 rings (SSSR count). The molecule has 0 bridgehead atoms. The van der Waals surface area contributed by atoms with Crippen molar-refractivity contribution >= 4 is 17.8 Å². The Morgan fingerprint density at radius 1 is 1.08 bits per heavy atom. The number of nitrogens with zero attached hydrogens (tertiary/aromatic N) is 1. The highest BCUT2D eigenvalue weighted by molar-refractivity contribution is 5.91. The number of likely N-dealkylation sites (N-methyl/N-ethyl adjacent to an activating group) is 2. The second-order valence-electron chi connectivity index (χ2n) is 11.6. The van der Waals surface area contributed by atoms with Gasteiger partial charge in [-0.15, -0.1) is 0 Å². The summed E-state index contributed by atoms with van der Waals surface area (Å²) in [6.07, 6.45) is 2.51. The number of carbonyl (C=O) groups is 3. The van der Waals surface area contributed by atoms with E-state index in [4.69, 9.17) is 0 Å². The Bertz CT molecular complexity index is 960. The van der Waals surface area contributed by atoms with Crippen LogP contribution in [0.1, 0.15) is 73.4 Å². The number of benzene rings is 1. The molecule has 7 nitrogen and oxygen atoms in total. The van der Waals surface area contributed by atoms with Crippen LogP contribution in [-0.4, -0.2) is 60.0 Å². The van der Waals surface area contributed by atoms with Crippen LogP contribution >= 0.6 is 0 Å². The number of carboxylic acids is 1. The van der Waals surface area contributed by atoms with Crippen molar-refractivity contribution in [2.75, 3.05) is 14.1 Å². The number of nitrogens with one attached hydrogen (secondary N) is 2. The summed E-state index contributed by atoms with van der Waals surface area (Å²) in [5.41, 5.74) is 1.31. The molecule has 0 unspecified atom stereocenters. The monoisotopic (exact) mass is 501 g/mol. The summed E-state index contributed by atoms with van der Waals surface area (Å²) in [4.78, 5) is 40.4. The van der Waals surface area contributed by atoms with E-state index in [0.717, 1.165) is 12.0 Å². The lowest BCUT2D eigenvalue weighted by Crippen LogP contribution is -2.61. The first-order valence-electron chi connectivity index (χ1n) is 12.7. The molecule has 0 saturated carbocycles. The van der Waals surface area contributed by atoms with Gasteiger partial charge in [0.25, 0.3) is 0 Å². The van der Waals surface area contributed by atoms with Crippen LogP contribution in [0, 0.1) is 11.3 Å². The van der Waals surface area contributed by atoms with Gasteiger partial charge in [-0.05, 0) is 42.9 Å². The smallest absolute Gasteiger partial charge is 0.331 e. The van der Waals surface area contributed by atoms with Crippen LogP contribution in [0.25, 0.3) is 0 Å². The van der Waals surface area contributed by atoms with E-state index in [2.05, 4.69) is 29.7 Å². The zero-order chi connectivity index (χ0) is 28.0. The third-order valence-corrected chi connectivity index (χ3v) is 6.99. The number of hydrogen-bond acceptors (Lipinski definition) is 4. The summed E-state index contributed by atoms with van der Waals surface area (Å²) in [6.45, 7) is 17.3.